The molecule has 6 nitrogen and oxygen atoms in total. The Morgan fingerprint density at radius 2 is 2.37 bits per heavy atom. The van der Waals surface area contributed by atoms with Crippen LogP contribution < -0.4 is 11.1 Å². The van der Waals surface area contributed by atoms with Crippen molar-refractivity contribution >= 4 is 29.7 Å². The Morgan fingerprint density at radius 3 is 2.89 bits per heavy atom. The fraction of sp³-hybridized carbons (Fsp3) is 0.364. The van der Waals surface area contributed by atoms with Crippen LogP contribution in [0, 0.1) is 0 Å². The van der Waals surface area contributed by atoms with Gasteiger partial charge in [-0.3, -0.25) is 9.48 Å². The number of halogens is 1. The molecule has 0 saturated carbocycles. The summed E-state index contributed by atoms with van der Waals surface area (Å²) < 4.78 is 1.70. The lowest BCUT2D eigenvalue weighted by Crippen LogP contribution is -2.26. The van der Waals surface area contributed by atoms with Gasteiger partial charge in [-0.1, -0.05) is 0 Å². The van der Waals surface area contributed by atoms with E-state index in [4.69, 9.17) is 5.73 Å². The second kappa shape index (κ2) is 6.65. The summed E-state index contributed by atoms with van der Waals surface area (Å²) in [5, 5.41) is 9.42. The molecule has 2 heterocycles. The van der Waals surface area contributed by atoms with Crippen molar-refractivity contribution < 1.29 is 4.79 Å². The fourth-order valence-corrected chi connectivity index (χ4v) is 2.18. The Bertz CT molecular complexity index is 553. The van der Waals surface area contributed by atoms with Crippen LogP contribution in [0.5, 0.6) is 0 Å². The zero-order valence-corrected chi connectivity index (χ0v) is 12.3. The van der Waals surface area contributed by atoms with Crippen LogP contribution in [0.3, 0.4) is 0 Å². The lowest BCUT2D eigenvalue weighted by atomic mass is 10.2. The maximum Gasteiger partial charge on any atom is 0.271 e. The number of rotatable bonds is 4. The third-order valence-electron chi connectivity index (χ3n) is 2.53. The number of aryl methyl sites for hydroxylation is 1. The first-order chi connectivity index (χ1) is 8.60. The summed E-state index contributed by atoms with van der Waals surface area (Å²) in [6.07, 6.45) is 3.61. The lowest BCUT2D eigenvalue weighted by molar-refractivity contribution is 0.0935. The topological polar surface area (TPSA) is 85.8 Å². The van der Waals surface area contributed by atoms with E-state index < -0.39 is 0 Å². The van der Waals surface area contributed by atoms with Crippen molar-refractivity contribution in [1.82, 2.24) is 20.1 Å². The zero-order chi connectivity index (χ0) is 13.1. The molecule has 1 atom stereocenters. The van der Waals surface area contributed by atoms with E-state index >= 15 is 0 Å². The number of nitrogens with zero attached hydrogens (tertiary/aromatic N) is 3. The summed E-state index contributed by atoms with van der Waals surface area (Å²) in [6, 6.07) is -0.103. The van der Waals surface area contributed by atoms with Gasteiger partial charge < -0.3 is 11.1 Å². The number of carbonyl (C=O) groups excluding carboxylic acids is 1. The van der Waals surface area contributed by atoms with Crippen molar-refractivity contribution in [3.63, 3.8) is 0 Å². The summed E-state index contributed by atoms with van der Waals surface area (Å²) in [7, 11) is 1.84. The Balaban J connectivity index is 0.00000180. The fourth-order valence-electron chi connectivity index (χ4n) is 1.53. The molecule has 104 valence electrons. The highest BCUT2D eigenvalue weighted by molar-refractivity contribution is 7.09. The monoisotopic (exact) mass is 301 g/mol. The Morgan fingerprint density at radius 1 is 1.63 bits per heavy atom. The van der Waals surface area contributed by atoms with Crippen molar-refractivity contribution in [3.8, 4) is 0 Å². The highest BCUT2D eigenvalue weighted by atomic mass is 35.5. The van der Waals surface area contributed by atoms with E-state index in [1.54, 1.807) is 16.3 Å². The smallest absolute Gasteiger partial charge is 0.271 e. The van der Waals surface area contributed by atoms with Gasteiger partial charge in [0.25, 0.3) is 5.91 Å². The second-order valence-corrected chi connectivity index (χ2v) is 4.92. The molecule has 1 amide bonds. The van der Waals surface area contributed by atoms with E-state index in [0.29, 0.717) is 12.2 Å². The summed E-state index contributed by atoms with van der Waals surface area (Å²) in [6.45, 7) is 2.27. The SMILES string of the molecule is CC(NC(=O)c1csc(CN)n1)c1cnn(C)c1.Cl. The molecule has 0 aliphatic carbocycles. The van der Waals surface area contributed by atoms with E-state index in [0.717, 1.165) is 10.6 Å². The summed E-state index contributed by atoms with van der Waals surface area (Å²) in [4.78, 5) is 16.1. The number of aromatic nitrogens is 3. The van der Waals surface area contributed by atoms with Crippen molar-refractivity contribution in [2.75, 3.05) is 0 Å². The summed E-state index contributed by atoms with van der Waals surface area (Å²) >= 11 is 1.39. The number of carbonyl (C=O) groups is 1. The van der Waals surface area contributed by atoms with E-state index in [1.165, 1.54) is 11.3 Å². The zero-order valence-electron chi connectivity index (χ0n) is 10.7. The molecular formula is C11H16ClN5OS. The molecule has 0 fully saturated rings. The van der Waals surface area contributed by atoms with E-state index in [2.05, 4.69) is 15.4 Å². The third-order valence-corrected chi connectivity index (χ3v) is 3.40. The molecule has 2 aromatic rings. The first-order valence-corrected chi connectivity index (χ1v) is 6.42. The average molecular weight is 302 g/mol. The molecule has 0 bridgehead atoms. The quantitative estimate of drug-likeness (QED) is 0.890. The van der Waals surface area contributed by atoms with Gasteiger partial charge in [0.15, 0.2) is 0 Å². The molecule has 19 heavy (non-hydrogen) atoms. The molecule has 1 unspecified atom stereocenters. The van der Waals surface area contributed by atoms with Crippen LogP contribution in [0.4, 0.5) is 0 Å². The Labute approximate surface area is 121 Å². The van der Waals surface area contributed by atoms with E-state index in [1.807, 2.05) is 20.2 Å². The average Bonchev–Trinajstić information content (AvgIpc) is 2.97. The maximum atomic E-state index is 11.9. The summed E-state index contributed by atoms with van der Waals surface area (Å²) in [5.74, 6) is -0.192. The number of amides is 1. The Hall–Kier alpha value is -1.44. The standard InChI is InChI=1S/C11H15N5OS.ClH/c1-7(8-4-13-16(2)5-8)14-11(17)9-6-18-10(3-12)15-9;/h4-7H,3,12H2,1-2H3,(H,14,17);1H. The predicted molar refractivity (Wildman–Crippen MR) is 76.3 cm³/mol. The minimum Gasteiger partial charge on any atom is -0.344 e. The second-order valence-electron chi connectivity index (χ2n) is 3.97. The molecule has 0 aliphatic rings. The number of thiazole rings is 1. The highest BCUT2D eigenvalue weighted by Crippen LogP contribution is 2.13. The van der Waals surface area contributed by atoms with Crippen LogP contribution in [-0.4, -0.2) is 20.7 Å². The van der Waals surface area contributed by atoms with Gasteiger partial charge in [0.2, 0.25) is 0 Å². The molecule has 0 aliphatic heterocycles. The molecule has 2 rings (SSSR count). The normalized spacial score (nSPS) is 11.7. The number of nitrogens with one attached hydrogen (secondary N) is 1. The largest absolute Gasteiger partial charge is 0.344 e. The van der Waals surface area contributed by atoms with E-state index in [9.17, 15) is 4.79 Å². The van der Waals surface area contributed by atoms with Gasteiger partial charge in [-0.05, 0) is 6.92 Å². The molecule has 0 aromatic carbocycles. The van der Waals surface area contributed by atoms with Gasteiger partial charge in [0.1, 0.15) is 10.7 Å². The number of nitrogens with two attached hydrogens (primary N) is 1. The molecule has 0 radical (unpaired) electrons. The molecule has 0 saturated heterocycles. The van der Waals surface area contributed by atoms with Crippen molar-refractivity contribution in [2.45, 2.75) is 19.5 Å². The highest BCUT2D eigenvalue weighted by Gasteiger charge is 2.15. The molecule has 3 N–H and O–H groups in total. The number of hydrogen-bond acceptors (Lipinski definition) is 5. The predicted octanol–water partition coefficient (Wildman–Crippen LogP) is 1.25. The van der Waals surface area contributed by atoms with E-state index in [-0.39, 0.29) is 24.4 Å². The van der Waals surface area contributed by atoms with Crippen molar-refractivity contribution in [1.29, 1.82) is 0 Å². The minimum atomic E-state index is -0.192. The molecule has 0 spiro atoms. The molecule has 2 aromatic heterocycles. The van der Waals surface area contributed by atoms with Crippen LogP contribution in [0.2, 0.25) is 0 Å². The van der Waals surface area contributed by atoms with Gasteiger partial charge in [-0.2, -0.15) is 5.10 Å². The van der Waals surface area contributed by atoms with Crippen LogP contribution in [-0.2, 0) is 13.6 Å². The van der Waals surface area contributed by atoms with Gasteiger partial charge >= 0.3 is 0 Å². The van der Waals surface area contributed by atoms with Crippen LogP contribution in [0.1, 0.15) is 34.0 Å². The number of hydrogen-bond donors (Lipinski definition) is 2. The van der Waals surface area contributed by atoms with Gasteiger partial charge in [0, 0.05) is 30.7 Å². The van der Waals surface area contributed by atoms with Crippen molar-refractivity contribution in [3.05, 3.63) is 34.0 Å². The molecule has 8 heteroatoms. The van der Waals surface area contributed by atoms with Crippen LogP contribution in [0.15, 0.2) is 17.8 Å². The van der Waals surface area contributed by atoms with Gasteiger partial charge in [-0.25, -0.2) is 4.98 Å². The van der Waals surface area contributed by atoms with Gasteiger partial charge in [0.05, 0.1) is 12.2 Å². The summed E-state index contributed by atoms with van der Waals surface area (Å²) in [5.41, 5.74) is 6.84. The van der Waals surface area contributed by atoms with Crippen molar-refractivity contribution in [2.24, 2.45) is 12.8 Å². The van der Waals surface area contributed by atoms with Gasteiger partial charge in [-0.15, -0.1) is 23.7 Å². The van der Waals surface area contributed by atoms with Crippen LogP contribution >= 0.6 is 23.7 Å². The Kier molecular flexibility index (Phi) is 5.46. The maximum absolute atomic E-state index is 11.9. The van der Waals surface area contributed by atoms with Crippen LogP contribution in [0.25, 0.3) is 0 Å². The third kappa shape index (κ3) is 3.76. The molecular weight excluding hydrogens is 286 g/mol. The lowest BCUT2D eigenvalue weighted by Gasteiger charge is -2.10. The first kappa shape index (κ1) is 15.6. The first-order valence-electron chi connectivity index (χ1n) is 5.54. The minimum absolute atomic E-state index is 0.